The lowest BCUT2D eigenvalue weighted by Gasteiger charge is -2.16. The van der Waals surface area contributed by atoms with E-state index in [1.165, 1.54) is 0 Å². The second-order valence-corrected chi connectivity index (χ2v) is 9.06. The second kappa shape index (κ2) is 8.67. The molecule has 0 saturated heterocycles. The minimum atomic E-state index is -3.74. The minimum Gasteiger partial charge on any atom is -0.324 e. The summed E-state index contributed by atoms with van der Waals surface area (Å²) in [4.78, 5) is 12.5. The van der Waals surface area contributed by atoms with Crippen LogP contribution < -0.4 is 10.0 Å². The van der Waals surface area contributed by atoms with E-state index >= 15 is 0 Å². The van der Waals surface area contributed by atoms with E-state index in [9.17, 15) is 13.2 Å². The maximum absolute atomic E-state index is 12.4. The van der Waals surface area contributed by atoms with E-state index in [4.69, 9.17) is 0 Å². The Balaban J connectivity index is 2.07. The number of sulfonamides is 1. The van der Waals surface area contributed by atoms with Crippen LogP contribution in [-0.2, 0) is 14.8 Å². The molecule has 0 spiro atoms. The first-order valence-electron chi connectivity index (χ1n) is 9.10. The molecule has 0 aromatic heterocycles. The van der Waals surface area contributed by atoms with Crippen LogP contribution >= 0.6 is 0 Å². The van der Waals surface area contributed by atoms with Crippen molar-refractivity contribution in [1.82, 2.24) is 4.72 Å². The van der Waals surface area contributed by atoms with Gasteiger partial charge in [0, 0.05) is 5.69 Å². The molecule has 0 bridgehead atoms. The summed E-state index contributed by atoms with van der Waals surface area (Å²) in [7, 11) is -3.74. The van der Waals surface area contributed by atoms with Crippen LogP contribution in [0.25, 0.3) is 0 Å². The van der Waals surface area contributed by atoms with Crippen LogP contribution in [0.1, 0.15) is 56.2 Å². The summed E-state index contributed by atoms with van der Waals surface area (Å²) < 4.78 is 27.2. The predicted octanol–water partition coefficient (Wildman–Crippen LogP) is 4.16. The number of para-hydroxylation sites is 1. The lowest BCUT2D eigenvalue weighted by molar-refractivity contribution is -0.115. The van der Waals surface area contributed by atoms with Gasteiger partial charge in [0.15, 0.2) is 0 Å². The highest BCUT2D eigenvalue weighted by atomic mass is 32.2. The highest BCUT2D eigenvalue weighted by Crippen LogP contribution is 2.27. The van der Waals surface area contributed by atoms with Gasteiger partial charge in [0.1, 0.15) is 0 Å². The van der Waals surface area contributed by atoms with Gasteiger partial charge in [-0.1, -0.05) is 58.0 Å². The topological polar surface area (TPSA) is 75.3 Å². The van der Waals surface area contributed by atoms with Crippen LogP contribution in [0.3, 0.4) is 0 Å². The number of carbonyl (C=O) groups excluding carboxylic acids is 1. The quantitative estimate of drug-likeness (QED) is 0.748. The number of hydrogen-bond acceptors (Lipinski definition) is 3. The molecule has 0 fully saturated rings. The molecule has 0 atom stereocenters. The Labute approximate surface area is 162 Å². The Kier molecular flexibility index (Phi) is 6.78. The van der Waals surface area contributed by atoms with Crippen LogP contribution in [-0.4, -0.2) is 20.9 Å². The molecule has 146 valence electrons. The molecule has 0 heterocycles. The fourth-order valence-electron chi connectivity index (χ4n) is 2.80. The highest BCUT2D eigenvalue weighted by molar-refractivity contribution is 7.89. The van der Waals surface area contributed by atoms with Crippen LogP contribution in [0.4, 0.5) is 5.69 Å². The molecule has 2 rings (SSSR count). The highest BCUT2D eigenvalue weighted by Gasteiger charge is 2.17. The Bertz CT molecular complexity index is 902. The summed E-state index contributed by atoms with van der Waals surface area (Å²) in [6, 6.07) is 12.5. The van der Waals surface area contributed by atoms with Crippen LogP contribution in [0.2, 0.25) is 0 Å². The first kappa shape index (κ1) is 21.1. The first-order valence-corrected chi connectivity index (χ1v) is 10.6. The van der Waals surface area contributed by atoms with Gasteiger partial charge in [0.25, 0.3) is 0 Å². The zero-order valence-electron chi connectivity index (χ0n) is 16.5. The average molecular weight is 389 g/mol. The monoisotopic (exact) mass is 388 g/mol. The van der Waals surface area contributed by atoms with E-state index in [-0.39, 0.29) is 17.4 Å². The number of carbonyl (C=O) groups is 1. The SMILES string of the molecule is Cc1cccc(C(C)C)c1NC(=O)CNS(=O)(=O)c1ccc(C(C)C)cc1. The van der Waals surface area contributed by atoms with Crippen LogP contribution in [0.5, 0.6) is 0 Å². The van der Waals surface area contributed by atoms with E-state index in [0.29, 0.717) is 5.92 Å². The maximum atomic E-state index is 12.4. The van der Waals surface area contributed by atoms with Crippen molar-refractivity contribution in [3.63, 3.8) is 0 Å². The number of hydrogen-bond donors (Lipinski definition) is 2. The molecule has 6 heteroatoms. The zero-order valence-corrected chi connectivity index (χ0v) is 17.4. The smallest absolute Gasteiger partial charge is 0.241 e. The molecule has 0 unspecified atom stereocenters. The lowest BCUT2D eigenvalue weighted by atomic mass is 9.98. The van der Waals surface area contributed by atoms with Crippen LogP contribution in [0.15, 0.2) is 47.4 Å². The van der Waals surface area contributed by atoms with Crippen molar-refractivity contribution < 1.29 is 13.2 Å². The molecule has 0 radical (unpaired) electrons. The van der Waals surface area contributed by atoms with Gasteiger partial charge in [-0.3, -0.25) is 4.79 Å². The van der Waals surface area contributed by atoms with E-state index in [2.05, 4.69) is 10.0 Å². The molecule has 0 aliphatic heterocycles. The van der Waals surface area contributed by atoms with E-state index in [1.807, 2.05) is 52.8 Å². The fourth-order valence-corrected chi connectivity index (χ4v) is 3.78. The second-order valence-electron chi connectivity index (χ2n) is 7.29. The van der Waals surface area contributed by atoms with Crippen LogP contribution in [0, 0.1) is 6.92 Å². The van der Waals surface area contributed by atoms with E-state index < -0.39 is 15.9 Å². The standard InChI is InChI=1S/C21H28N2O3S/c1-14(2)17-9-11-18(12-10-17)27(25,26)22-13-20(24)23-21-16(5)7-6-8-19(21)15(3)4/h6-12,14-15,22H,13H2,1-5H3,(H,23,24). The number of rotatable bonds is 7. The Hall–Kier alpha value is -2.18. The third-order valence-corrected chi connectivity index (χ3v) is 5.89. The molecule has 2 aromatic carbocycles. The third-order valence-electron chi connectivity index (χ3n) is 4.47. The Morgan fingerprint density at radius 1 is 0.963 bits per heavy atom. The summed E-state index contributed by atoms with van der Waals surface area (Å²) >= 11 is 0. The van der Waals surface area contributed by atoms with E-state index in [0.717, 1.165) is 22.4 Å². The number of benzene rings is 2. The van der Waals surface area contributed by atoms with Crippen molar-refractivity contribution in [2.45, 2.75) is 51.3 Å². The van der Waals surface area contributed by atoms with Crippen molar-refractivity contribution in [2.75, 3.05) is 11.9 Å². The molecule has 0 aliphatic carbocycles. The number of amides is 1. The summed E-state index contributed by atoms with van der Waals surface area (Å²) in [5.41, 5.74) is 3.78. The van der Waals surface area contributed by atoms with Crippen molar-refractivity contribution >= 4 is 21.6 Å². The lowest BCUT2D eigenvalue weighted by Crippen LogP contribution is -2.33. The van der Waals surface area contributed by atoms with Gasteiger partial charge in [-0.2, -0.15) is 0 Å². The molecular weight excluding hydrogens is 360 g/mol. The van der Waals surface area contributed by atoms with Gasteiger partial charge in [0.2, 0.25) is 15.9 Å². The van der Waals surface area contributed by atoms with Crippen molar-refractivity contribution in [3.05, 3.63) is 59.2 Å². The number of anilines is 1. The largest absolute Gasteiger partial charge is 0.324 e. The minimum absolute atomic E-state index is 0.151. The number of aryl methyl sites for hydroxylation is 1. The van der Waals surface area contributed by atoms with Gasteiger partial charge in [-0.15, -0.1) is 0 Å². The Morgan fingerprint density at radius 3 is 2.15 bits per heavy atom. The average Bonchev–Trinajstić information content (AvgIpc) is 2.61. The third kappa shape index (κ3) is 5.40. The van der Waals surface area contributed by atoms with E-state index in [1.54, 1.807) is 24.3 Å². The van der Waals surface area contributed by atoms with Gasteiger partial charge in [-0.25, -0.2) is 13.1 Å². The molecule has 0 saturated carbocycles. The maximum Gasteiger partial charge on any atom is 0.241 e. The first-order chi connectivity index (χ1) is 12.6. The molecule has 5 nitrogen and oxygen atoms in total. The summed E-state index contributed by atoms with van der Waals surface area (Å²) in [5.74, 6) is 0.176. The molecular formula is C21H28N2O3S. The fraction of sp³-hybridized carbons (Fsp3) is 0.381. The summed E-state index contributed by atoms with van der Waals surface area (Å²) in [5, 5.41) is 2.84. The van der Waals surface area contributed by atoms with Crippen molar-refractivity contribution in [2.24, 2.45) is 0 Å². The summed E-state index contributed by atoms with van der Waals surface area (Å²) in [6.45, 7) is 9.79. The van der Waals surface area contributed by atoms with Gasteiger partial charge < -0.3 is 5.32 Å². The van der Waals surface area contributed by atoms with Crippen molar-refractivity contribution in [3.8, 4) is 0 Å². The molecule has 2 aromatic rings. The molecule has 2 N–H and O–H groups in total. The van der Waals surface area contributed by atoms with Gasteiger partial charge in [0.05, 0.1) is 11.4 Å². The molecule has 0 aliphatic rings. The van der Waals surface area contributed by atoms with Gasteiger partial charge in [-0.05, 0) is 47.6 Å². The number of nitrogens with one attached hydrogen (secondary N) is 2. The predicted molar refractivity (Wildman–Crippen MR) is 110 cm³/mol. The molecule has 1 amide bonds. The zero-order chi connectivity index (χ0) is 20.2. The summed E-state index contributed by atoms with van der Waals surface area (Å²) in [6.07, 6.45) is 0. The Morgan fingerprint density at radius 2 is 1.59 bits per heavy atom. The normalized spacial score (nSPS) is 11.8. The van der Waals surface area contributed by atoms with Crippen molar-refractivity contribution in [1.29, 1.82) is 0 Å². The molecule has 27 heavy (non-hydrogen) atoms. The van der Waals surface area contributed by atoms with Gasteiger partial charge >= 0.3 is 0 Å².